The molecule has 0 aliphatic carbocycles. The highest BCUT2D eigenvalue weighted by molar-refractivity contribution is 6.02. The van der Waals surface area contributed by atoms with E-state index in [-0.39, 0.29) is 11.3 Å². The lowest BCUT2D eigenvalue weighted by atomic mass is 10.1. The van der Waals surface area contributed by atoms with Crippen molar-refractivity contribution < 1.29 is 19.1 Å². The van der Waals surface area contributed by atoms with Gasteiger partial charge in [-0.2, -0.15) is 9.78 Å². The molecular weight excluding hydrogens is 324 g/mol. The van der Waals surface area contributed by atoms with Gasteiger partial charge in [0, 0.05) is 5.39 Å². The second-order valence-corrected chi connectivity index (χ2v) is 5.10. The summed E-state index contributed by atoms with van der Waals surface area (Å²) >= 11 is 0. The van der Waals surface area contributed by atoms with Crippen molar-refractivity contribution in [3.05, 3.63) is 70.6 Å². The highest BCUT2D eigenvalue weighted by atomic mass is 16.6. The van der Waals surface area contributed by atoms with Crippen molar-refractivity contribution in [2.24, 2.45) is 0 Å². The Morgan fingerprint density at radius 1 is 1.00 bits per heavy atom. The van der Waals surface area contributed by atoms with Crippen LogP contribution in [0.2, 0.25) is 0 Å². The zero-order chi connectivity index (χ0) is 17.8. The highest BCUT2D eigenvalue weighted by Gasteiger charge is 2.19. The van der Waals surface area contributed by atoms with E-state index < -0.39 is 18.5 Å². The highest BCUT2D eigenvalue weighted by Crippen LogP contribution is 2.16. The van der Waals surface area contributed by atoms with Gasteiger partial charge in [0.2, 0.25) is 0 Å². The van der Waals surface area contributed by atoms with E-state index >= 15 is 0 Å². The van der Waals surface area contributed by atoms with Gasteiger partial charge in [0.25, 0.3) is 5.56 Å². The van der Waals surface area contributed by atoms with E-state index in [9.17, 15) is 14.4 Å². The molecule has 7 nitrogen and oxygen atoms in total. The second kappa shape index (κ2) is 6.96. The maximum Gasteiger partial charge on any atom is 0.360 e. The zero-order valence-corrected chi connectivity index (χ0v) is 13.3. The predicted octanol–water partition coefficient (Wildman–Crippen LogP) is 1.72. The van der Waals surface area contributed by atoms with Gasteiger partial charge in [-0.25, -0.2) is 9.59 Å². The molecule has 0 aliphatic rings. The number of carbonyl (C=O) groups is 2. The van der Waals surface area contributed by atoms with Gasteiger partial charge in [-0.3, -0.25) is 4.79 Å². The molecule has 25 heavy (non-hydrogen) atoms. The van der Waals surface area contributed by atoms with Gasteiger partial charge in [0.05, 0.1) is 18.2 Å². The van der Waals surface area contributed by atoms with Crippen LogP contribution in [-0.4, -0.2) is 35.4 Å². The maximum absolute atomic E-state index is 12.7. The summed E-state index contributed by atoms with van der Waals surface area (Å²) in [6, 6.07) is 15.3. The fourth-order valence-corrected chi connectivity index (χ4v) is 2.34. The van der Waals surface area contributed by atoms with Gasteiger partial charge in [-0.15, -0.1) is 0 Å². The van der Waals surface area contributed by atoms with Crippen LogP contribution in [0.1, 0.15) is 10.5 Å². The van der Waals surface area contributed by atoms with E-state index in [1.807, 2.05) is 0 Å². The molecule has 1 heterocycles. The molecule has 126 valence electrons. The number of para-hydroxylation sites is 1. The molecule has 1 aromatic heterocycles. The Morgan fingerprint density at radius 3 is 2.32 bits per heavy atom. The molecule has 7 heteroatoms. The van der Waals surface area contributed by atoms with Crippen LogP contribution in [-0.2, 0) is 14.3 Å². The summed E-state index contributed by atoms with van der Waals surface area (Å²) in [5.74, 6) is -1.50. The van der Waals surface area contributed by atoms with Crippen molar-refractivity contribution in [2.75, 3.05) is 13.7 Å². The number of esters is 2. The first-order valence-corrected chi connectivity index (χ1v) is 7.43. The minimum absolute atomic E-state index is 0.0528. The summed E-state index contributed by atoms with van der Waals surface area (Å²) in [5, 5.41) is 4.83. The molecule has 0 fully saturated rings. The monoisotopic (exact) mass is 338 g/mol. The Morgan fingerprint density at radius 2 is 1.64 bits per heavy atom. The average Bonchev–Trinajstić information content (AvgIpc) is 2.67. The summed E-state index contributed by atoms with van der Waals surface area (Å²) in [5.41, 5.74) is 0.106. The fourth-order valence-electron chi connectivity index (χ4n) is 2.34. The number of hydrogen-bond donors (Lipinski definition) is 0. The SMILES string of the molecule is COC(=O)COC(=O)c1nn(-c2ccccc2)c(=O)c2ccccc12. The molecule has 0 atom stereocenters. The average molecular weight is 338 g/mol. The van der Waals surface area contributed by atoms with Crippen molar-refractivity contribution in [3.8, 4) is 5.69 Å². The summed E-state index contributed by atoms with van der Waals surface area (Å²) in [4.78, 5) is 36.2. The van der Waals surface area contributed by atoms with E-state index in [1.54, 1.807) is 54.6 Å². The van der Waals surface area contributed by atoms with E-state index in [4.69, 9.17) is 4.74 Å². The molecular formula is C18H14N2O5. The standard InChI is InChI=1S/C18H14N2O5/c1-24-15(21)11-25-18(23)16-13-9-5-6-10-14(13)17(22)20(19-16)12-7-3-2-4-8-12/h2-10H,11H2,1H3. The molecule has 0 unspecified atom stereocenters. The summed E-state index contributed by atoms with van der Waals surface area (Å²) < 4.78 is 10.5. The van der Waals surface area contributed by atoms with Crippen LogP contribution in [0.3, 0.4) is 0 Å². The zero-order valence-electron chi connectivity index (χ0n) is 13.3. The summed E-state index contributed by atoms with van der Waals surface area (Å²) in [6.07, 6.45) is 0. The van der Waals surface area contributed by atoms with Gasteiger partial charge in [0.15, 0.2) is 12.3 Å². The molecule has 3 aromatic rings. The fraction of sp³-hybridized carbons (Fsp3) is 0.111. The van der Waals surface area contributed by atoms with E-state index in [1.165, 1.54) is 7.11 Å². The first-order valence-electron chi connectivity index (χ1n) is 7.43. The van der Waals surface area contributed by atoms with Gasteiger partial charge >= 0.3 is 11.9 Å². The second-order valence-electron chi connectivity index (χ2n) is 5.10. The van der Waals surface area contributed by atoms with Crippen molar-refractivity contribution in [3.63, 3.8) is 0 Å². The first-order chi connectivity index (χ1) is 12.1. The molecule has 0 amide bonds. The normalized spacial score (nSPS) is 10.4. The molecule has 0 N–H and O–H groups in total. The van der Waals surface area contributed by atoms with E-state index in [0.29, 0.717) is 16.5 Å². The number of carbonyl (C=O) groups excluding carboxylic acids is 2. The number of nitrogens with zero attached hydrogens (tertiary/aromatic N) is 2. The Bertz CT molecular complexity index is 995. The van der Waals surface area contributed by atoms with Gasteiger partial charge in [0.1, 0.15) is 0 Å². The molecule has 0 bridgehead atoms. The Hall–Kier alpha value is -3.48. The van der Waals surface area contributed by atoms with Crippen molar-refractivity contribution in [1.82, 2.24) is 9.78 Å². The molecule has 0 spiro atoms. The van der Waals surface area contributed by atoms with Crippen LogP contribution < -0.4 is 5.56 Å². The van der Waals surface area contributed by atoms with Gasteiger partial charge in [-0.1, -0.05) is 36.4 Å². The van der Waals surface area contributed by atoms with Crippen molar-refractivity contribution >= 4 is 22.7 Å². The van der Waals surface area contributed by atoms with E-state index in [2.05, 4.69) is 9.84 Å². The summed E-state index contributed by atoms with van der Waals surface area (Å²) in [6.45, 7) is -0.532. The minimum atomic E-state index is -0.814. The predicted molar refractivity (Wildman–Crippen MR) is 89.6 cm³/mol. The number of aromatic nitrogens is 2. The van der Waals surface area contributed by atoms with Crippen molar-refractivity contribution in [2.45, 2.75) is 0 Å². The van der Waals surface area contributed by atoms with E-state index in [0.717, 1.165) is 4.68 Å². The van der Waals surface area contributed by atoms with Crippen molar-refractivity contribution in [1.29, 1.82) is 0 Å². The lowest BCUT2D eigenvalue weighted by Crippen LogP contribution is -2.26. The number of hydrogen-bond acceptors (Lipinski definition) is 6. The lowest BCUT2D eigenvalue weighted by Gasteiger charge is -2.10. The first kappa shape index (κ1) is 16.4. The Labute approximate surface area is 142 Å². The van der Waals surface area contributed by atoms with Crippen LogP contribution in [0.5, 0.6) is 0 Å². The third-order valence-corrected chi connectivity index (χ3v) is 3.55. The van der Waals surface area contributed by atoms with Crippen LogP contribution in [0.4, 0.5) is 0 Å². The molecule has 0 saturated carbocycles. The molecule has 0 saturated heterocycles. The van der Waals surface area contributed by atoms with Gasteiger partial charge in [-0.05, 0) is 18.2 Å². The topological polar surface area (TPSA) is 87.5 Å². The number of rotatable bonds is 4. The van der Waals surface area contributed by atoms with Gasteiger partial charge < -0.3 is 9.47 Å². The molecule has 0 aliphatic heterocycles. The quantitative estimate of drug-likeness (QED) is 0.673. The number of fused-ring (bicyclic) bond motifs is 1. The largest absolute Gasteiger partial charge is 0.466 e. The summed E-state index contributed by atoms with van der Waals surface area (Å²) in [7, 11) is 1.19. The smallest absolute Gasteiger partial charge is 0.360 e. The van der Waals surface area contributed by atoms with Crippen LogP contribution >= 0.6 is 0 Å². The molecule has 0 radical (unpaired) electrons. The number of benzene rings is 2. The Balaban J connectivity index is 2.14. The Kier molecular flexibility index (Phi) is 4.56. The number of ether oxygens (including phenoxy) is 2. The lowest BCUT2D eigenvalue weighted by molar-refractivity contribution is -0.144. The van der Waals surface area contributed by atoms with Crippen LogP contribution in [0, 0.1) is 0 Å². The number of methoxy groups -OCH3 is 1. The molecule has 3 rings (SSSR count). The van der Waals surface area contributed by atoms with Crippen LogP contribution in [0.25, 0.3) is 16.5 Å². The minimum Gasteiger partial charge on any atom is -0.466 e. The third kappa shape index (κ3) is 3.25. The maximum atomic E-state index is 12.7. The van der Waals surface area contributed by atoms with Crippen LogP contribution in [0.15, 0.2) is 59.4 Å². The molecule has 2 aromatic carbocycles. The third-order valence-electron chi connectivity index (χ3n) is 3.55.